The Morgan fingerprint density at radius 2 is 2.09 bits per heavy atom. The van der Waals surface area contributed by atoms with Gasteiger partial charge in [0.15, 0.2) is 12.0 Å². The largest absolute Gasteiger partial charge is 0.321 e. The van der Waals surface area contributed by atoms with E-state index >= 15 is 0 Å². The van der Waals surface area contributed by atoms with Crippen molar-refractivity contribution in [2.75, 3.05) is 5.32 Å². The van der Waals surface area contributed by atoms with Crippen molar-refractivity contribution in [3.05, 3.63) is 11.8 Å². The Kier molecular flexibility index (Phi) is 4.32. The molecule has 0 radical (unpaired) electrons. The zero-order chi connectivity index (χ0) is 15.5. The van der Waals surface area contributed by atoms with Crippen molar-refractivity contribution in [2.45, 2.75) is 56.9 Å². The number of amides is 1. The van der Waals surface area contributed by atoms with Crippen LogP contribution in [0.5, 0.6) is 0 Å². The summed E-state index contributed by atoms with van der Waals surface area (Å²) in [5, 5.41) is 18.6. The van der Waals surface area contributed by atoms with Gasteiger partial charge in [-0.15, -0.1) is 0 Å². The van der Waals surface area contributed by atoms with E-state index in [0.717, 1.165) is 12.8 Å². The number of carbonyl (C=O) groups excluding carboxylic acids is 1. The van der Waals surface area contributed by atoms with Crippen LogP contribution >= 0.6 is 0 Å². The lowest BCUT2D eigenvalue weighted by molar-refractivity contribution is -0.122. The number of nitrogens with zero attached hydrogens (tertiary/aromatic N) is 3. The van der Waals surface area contributed by atoms with Gasteiger partial charge in [0.05, 0.1) is 0 Å². The molecule has 1 amide bonds. The molecule has 2 aliphatic carbocycles. The fourth-order valence-electron chi connectivity index (χ4n) is 3.59. The van der Waals surface area contributed by atoms with Crippen molar-refractivity contribution in [3.63, 3.8) is 0 Å². The summed E-state index contributed by atoms with van der Waals surface area (Å²) in [6.07, 6.45) is 9.72. The average Bonchev–Trinajstić information content (AvgIpc) is 2.83. The molecular weight excluding hydrogens is 278 g/mol. The van der Waals surface area contributed by atoms with Crippen LogP contribution in [0.15, 0.2) is 6.07 Å². The molecule has 2 N–H and O–H groups in total. The minimum absolute atomic E-state index is 0.00835. The van der Waals surface area contributed by atoms with Crippen molar-refractivity contribution >= 4 is 11.7 Å². The molecule has 1 heterocycles. The van der Waals surface area contributed by atoms with Crippen LogP contribution in [0.3, 0.4) is 0 Å². The Morgan fingerprint density at radius 3 is 2.77 bits per heavy atom. The Hall–Kier alpha value is -2.03. The molecular formula is C16H23N5O. The third-order valence-electron chi connectivity index (χ3n) is 4.97. The summed E-state index contributed by atoms with van der Waals surface area (Å²) in [5.74, 6) is 1.24. The van der Waals surface area contributed by atoms with Gasteiger partial charge in [-0.3, -0.25) is 9.48 Å². The zero-order valence-electron chi connectivity index (χ0n) is 13.0. The van der Waals surface area contributed by atoms with Crippen LogP contribution in [-0.4, -0.2) is 21.7 Å². The number of nitriles is 1. The van der Waals surface area contributed by atoms with Crippen LogP contribution in [-0.2, 0) is 11.8 Å². The highest BCUT2D eigenvalue weighted by atomic mass is 16.2. The second-order valence-electron chi connectivity index (χ2n) is 6.52. The standard InChI is InChI=1S/C16H23N5O/c1-21-14(11-5-3-2-4-6-11)9-15(20-21)19-16(22)12-7-13(8-12)18-10-17/h9,11-13,18H,2-8H2,1H3,(H,19,20,22). The van der Waals surface area contributed by atoms with E-state index < -0.39 is 0 Å². The van der Waals surface area contributed by atoms with Crippen LogP contribution < -0.4 is 10.6 Å². The van der Waals surface area contributed by atoms with Crippen LogP contribution in [0.4, 0.5) is 5.82 Å². The van der Waals surface area contributed by atoms with E-state index in [2.05, 4.69) is 15.7 Å². The topological polar surface area (TPSA) is 82.7 Å². The maximum atomic E-state index is 12.2. The highest BCUT2D eigenvalue weighted by Crippen LogP contribution is 2.34. The molecule has 6 nitrogen and oxygen atoms in total. The van der Waals surface area contributed by atoms with Gasteiger partial charge in [0.25, 0.3) is 0 Å². The molecule has 2 saturated carbocycles. The van der Waals surface area contributed by atoms with Gasteiger partial charge < -0.3 is 10.6 Å². The Bertz CT molecular complexity index is 576. The number of rotatable bonds is 4. The minimum atomic E-state index is -0.00835. The minimum Gasteiger partial charge on any atom is -0.321 e. The van der Waals surface area contributed by atoms with Crippen LogP contribution in [0.1, 0.15) is 56.6 Å². The summed E-state index contributed by atoms with van der Waals surface area (Å²) in [5.41, 5.74) is 1.23. The number of carbonyl (C=O) groups is 1. The Labute approximate surface area is 130 Å². The molecule has 0 atom stereocenters. The van der Waals surface area contributed by atoms with Gasteiger partial charge in [-0.2, -0.15) is 10.4 Å². The fourth-order valence-corrected chi connectivity index (χ4v) is 3.59. The Morgan fingerprint density at radius 1 is 1.36 bits per heavy atom. The van der Waals surface area contributed by atoms with Gasteiger partial charge in [0, 0.05) is 36.7 Å². The molecule has 1 aromatic rings. The van der Waals surface area contributed by atoms with Gasteiger partial charge in [0.2, 0.25) is 5.91 Å². The molecule has 0 aromatic carbocycles. The van der Waals surface area contributed by atoms with Gasteiger partial charge >= 0.3 is 0 Å². The van der Waals surface area contributed by atoms with E-state index in [-0.39, 0.29) is 17.9 Å². The normalized spacial score (nSPS) is 25.1. The maximum absolute atomic E-state index is 12.2. The molecule has 0 aliphatic heterocycles. The SMILES string of the molecule is Cn1nc(NC(=O)C2CC(NC#N)C2)cc1C1CCCCC1. The molecule has 1 aromatic heterocycles. The van der Waals surface area contributed by atoms with Crippen LogP contribution in [0, 0.1) is 17.4 Å². The number of hydrogen-bond donors (Lipinski definition) is 2. The summed E-state index contributed by atoms with van der Waals surface area (Å²) in [6, 6.07) is 2.18. The molecule has 0 unspecified atom stereocenters. The highest BCUT2D eigenvalue weighted by molar-refractivity contribution is 5.92. The highest BCUT2D eigenvalue weighted by Gasteiger charge is 2.34. The summed E-state index contributed by atoms with van der Waals surface area (Å²) in [7, 11) is 1.95. The number of anilines is 1. The average molecular weight is 301 g/mol. The molecule has 118 valence electrons. The lowest BCUT2D eigenvalue weighted by Crippen LogP contribution is -2.44. The lowest BCUT2D eigenvalue weighted by atomic mass is 9.80. The lowest BCUT2D eigenvalue weighted by Gasteiger charge is -2.32. The van der Waals surface area contributed by atoms with E-state index in [1.807, 2.05) is 24.0 Å². The van der Waals surface area contributed by atoms with Crippen LogP contribution in [0.25, 0.3) is 0 Å². The number of aromatic nitrogens is 2. The summed E-state index contributed by atoms with van der Waals surface area (Å²) in [4.78, 5) is 12.2. The van der Waals surface area contributed by atoms with Gasteiger partial charge in [-0.05, 0) is 25.7 Å². The first-order valence-electron chi connectivity index (χ1n) is 8.17. The summed E-state index contributed by atoms with van der Waals surface area (Å²) >= 11 is 0. The molecule has 3 rings (SSSR count). The third kappa shape index (κ3) is 3.08. The van der Waals surface area contributed by atoms with Crippen molar-refractivity contribution in [2.24, 2.45) is 13.0 Å². The predicted molar refractivity (Wildman–Crippen MR) is 82.9 cm³/mol. The smallest absolute Gasteiger partial charge is 0.228 e. The van der Waals surface area contributed by atoms with Gasteiger partial charge in [-0.1, -0.05) is 19.3 Å². The van der Waals surface area contributed by atoms with Crippen molar-refractivity contribution in [3.8, 4) is 6.19 Å². The number of nitrogens with one attached hydrogen (secondary N) is 2. The first kappa shape index (κ1) is 14.9. The second-order valence-corrected chi connectivity index (χ2v) is 6.52. The predicted octanol–water partition coefficient (Wildman–Crippen LogP) is 2.26. The molecule has 2 fully saturated rings. The van der Waals surface area contributed by atoms with Crippen molar-refractivity contribution in [1.82, 2.24) is 15.1 Å². The first-order chi connectivity index (χ1) is 10.7. The van der Waals surface area contributed by atoms with E-state index in [1.54, 1.807) is 0 Å². The monoisotopic (exact) mass is 301 g/mol. The van der Waals surface area contributed by atoms with E-state index in [0.29, 0.717) is 11.7 Å². The van der Waals surface area contributed by atoms with E-state index in [9.17, 15) is 4.79 Å². The van der Waals surface area contributed by atoms with Crippen molar-refractivity contribution in [1.29, 1.82) is 5.26 Å². The third-order valence-corrected chi connectivity index (χ3v) is 4.97. The molecule has 6 heteroatoms. The molecule has 2 aliphatic rings. The molecule has 22 heavy (non-hydrogen) atoms. The molecule has 0 bridgehead atoms. The van der Waals surface area contributed by atoms with Gasteiger partial charge in [0.1, 0.15) is 0 Å². The first-order valence-corrected chi connectivity index (χ1v) is 8.17. The van der Waals surface area contributed by atoms with Crippen LogP contribution in [0.2, 0.25) is 0 Å². The van der Waals surface area contributed by atoms with E-state index in [1.165, 1.54) is 37.8 Å². The maximum Gasteiger partial charge on any atom is 0.228 e. The summed E-state index contributed by atoms with van der Waals surface area (Å²) < 4.78 is 1.91. The number of hydrogen-bond acceptors (Lipinski definition) is 4. The zero-order valence-corrected chi connectivity index (χ0v) is 13.0. The van der Waals surface area contributed by atoms with E-state index in [4.69, 9.17) is 5.26 Å². The second kappa shape index (κ2) is 6.39. The van der Waals surface area contributed by atoms with Crippen molar-refractivity contribution < 1.29 is 4.79 Å². The quantitative estimate of drug-likeness (QED) is 0.660. The molecule has 0 saturated heterocycles. The Balaban J connectivity index is 1.57. The van der Waals surface area contributed by atoms with Gasteiger partial charge in [-0.25, -0.2) is 0 Å². The fraction of sp³-hybridized carbons (Fsp3) is 0.688. The summed E-state index contributed by atoms with van der Waals surface area (Å²) in [6.45, 7) is 0. The molecule has 0 spiro atoms. The number of aryl methyl sites for hydroxylation is 1.